The van der Waals surface area contributed by atoms with Gasteiger partial charge < -0.3 is 5.32 Å². The van der Waals surface area contributed by atoms with Crippen LogP contribution in [0.2, 0.25) is 0 Å². The van der Waals surface area contributed by atoms with Gasteiger partial charge in [-0.25, -0.2) is 17.5 Å². The Labute approximate surface area is 169 Å². The summed E-state index contributed by atoms with van der Waals surface area (Å²) >= 11 is 0. The summed E-state index contributed by atoms with van der Waals surface area (Å²) in [4.78, 5) is 12.3. The lowest BCUT2D eigenvalue weighted by Gasteiger charge is -2.10. The van der Waals surface area contributed by atoms with Gasteiger partial charge in [0.1, 0.15) is 5.82 Å². The zero-order valence-corrected chi connectivity index (χ0v) is 16.7. The number of sulfonamides is 1. The highest BCUT2D eigenvalue weighted by molar-refractivity contribution is 7.89. The van der Waals surface area contributed by atoms with Gasteiger partial charge in [-0.15, -0.1) is 0 Å². The highest BCUT2D eigenvalue weighted by atomic mass is 32.2. The lowest BCUT2D eigenvalue weighted by atomic mass is 10.1. The predicted molar refractivity (Wildman–Crippen MR) is 111 cm³/mol. The Hall–Kier alpha value is -3.03. The van der Waals surface area contributed by atoms with Crippen molar-refractivity contribution in [1.82, 2.24) is 4.72 Å². The van der Waals surface area contributed by atoms with E-state index in [1.165, 1.54) is 0 Å². The summed E-state index contributed by atoms with van der Waals surface area (Å²) in [6.45, 7) is 2.10. The van der Waals surface area contributed by atoms with E-state index in [1.54, 1.807) is 36.4 Å². The highest BCUT2D eigenvalue weighted by Crippen LogP contribution is 2.18. The van der Waals surface area contributed by atoms with Crippen LogP contribution in [0, 0.1) is 5.82 Å². The fourth-order valence-corrected chi connectivity index (χ4v) is 3.77. The molecule has 0 aliphatic carbocycles. The van der Waals surface area contributed by atoms with Gasteiger partial charge in [0.15, 0.2) is 0 Å². The Morgan fingerprint density at radius 1 is 0.931 bits per heavy atom. The van der Waals surface area contributed by atoms with Gasteiger partial charge in [0, 0.05) is 12.2 Å². The molecule has 0 aliphatic rings. The van der Waals surface area contributed by atoms with Crippen molar-refractivity contribution < 1.29 is 17.6 Å². The molecule has 3 aromatic carbocycles. The monoisotopic (exact) mass is 412 g/mol. The third-order valence-corrected chi connectivity index (χ3v) is 5.82. The molecule has 0 atom stereocenters. The van der Waals surface area contributed by atoms with Gasteiger partial charge in [0.2, 0.25) is 10.0 Å². The molecule has 0 unspecified atom stereocenters. The van der Waals surface area contributed by atoms with Crippen LogP contribution in [0.1, 0.15) is 28.4 Å². The minimum Gasteiger partial charge on any atom is -0.322 e. The molecular formula is C22H21FN2O3S. The number of amides is 1. The molecule has 1 amide bonds. The third kappa shape index (κ3) is 5.28. The number of carbonyl (C=O) groups is 1. The van der Waals surface area contributed by atoms with Crippen LogP contribution < -0.4 is 10.0 Å². The fourth-order valence-electron chi connectivity index (χ4n) is 2.73. The number of nitrogens with one attached hydrogen (secondary N) is 2. The maximum absolute atomic E-state index is 14.2. The van der Waals surface area contributed by atoms with Gasteiger partial charge in [0.25, 0.3) is 5.91 Å². The number of anilines is 1. The Morgan fingerprint density at radius 3 is 2.28 bits per heavy atom. The van der Waals surface area contributed by atoms with Crippen molar-refractivity contribution in [2.24, 2.45) is 0 Å². The number of carbonyl (C=O) groups excluding carboxylic acids is 1. The lowest BCUT2D eigenvalue weighted by molar-refractivity contribution is 0.102. The summed E-state index contributed by atoms with van der Waals surface area (Å²) in [6.07, 6.45) is 0.860. The number of halogens is 1. The molecule has 3 aromatic rings. The lowest BCUT2D eigenvalue weighted by Crippen LogP contribution is -2.24. The van der Waals surface area contributed by atoms with E-state index in [2.05, 4.69) is 10.0 Å². The van der Waals surface area contributed by atoms with Gasteiger partial charge in [-0.2, -0.15) is 0 Å². The first kappa shape index (κ1) is 20.7. The first-order valence-corrected chi connectivity index (χ1v) is 10.6. The quantitative estimate of drug-likeness (QED) is 0.613. The van der Waals surface area contributed by atoms with Crippen LogP contribution in [0.3, 0.4) is 0 Å². The summed E-state index contributed by atoms with van der Waals surface area (Å²) in [5, 5.41) is 2.59. The van der Waals surface area contributed by atoms with Crippen LogP contribution in [0.15, 0.2) is 77.7 Å². The Bertz CT molecular complexity index is 1100. The molecule has 0 aliphatic heterocycles. The second-order valence-corrected chi connectivity index (χ2v) is 8.22. The van der Waals surface area contributed by atoms with E-state index in [4.69, 9.17) is 0 Å². The van der Waals surface area contributed by atoms with Crippen molar-refractivity contribution in [2.75, 3.05) is 5.32 Å². The van der Waals surface area contributed by atoms with Crippen LogP contribution >= 0.6 is 0 Å². The van der Waals surface area contributed by atoms with E-state index in [1.807, 2.05) is 25.1 Å². The van der Waals surface area contributed by atoms with E-state index in [9.17, 15) is 17.6 Å². The molecule has 0 aromatic heterocycles. The molecule has 3 rings (SSSR count). The normalized spacial score (nSPS) is 11.2. The SMILES string of the molecule is CCc1ccc(NC(=O)c2cc(S(=O)(=O)NCc3ccccc3)ccc2F)cc1. The van der Waals surface area contributed by atoms with Gasteiger partial charge in [-0.3, -0.25) is 4.79 Å². The Morgan fingerprint density at radius 2 is 1.62 bits per heavy atom. The first-order valence-electron chi connectivity index (χ1n) is 9.12. The van der Waals surface area contributed by atoms with Crippen molar-refractivity contribution in [1.29, 1.82) is 0 Å². The first-order chi connectivity index (χ1) is 13.9. The van der Waals surface area contributed by atoms with Crippen LogP contribution in [0.25, 0.3) is 0 Å². The maximum Gasteiger partial charge on any atom is 0.258 e. The largest absolute Gasteiger partial charge is 0.322 e. The minimum absolute atomic E-state index is 0.0891. The van der Waals surface area contributed by atoms with E-state index in [0.717, 1.165) is 35.7 Å². The van der Waals surface area contributed by atoms with Crippen molar-refractivity contribution in [3.05, 3.63) is 95.3 Å². The van der Waals surface area contributed by atoms with Crippen LogP contribution in [-0.2, 0) is 23.0 Å². The second-order valence-electron chi connectivity index (χ2n) is 6.46. The van der Waals surface area contributed by atoms with E-state index in [-0.39, 0.29) is 17.0 Å². The summed E-state index contributed by atoms with van der Waals surface area (Å²) in [7, 11) is -3.91. The standard InChI is InChI=1S/C22H21FN2O3S/c1-2-16-8-10-18(11-9-16)25-22(26)20-14-19(12-13-21(20)23)29(27,28)24-15-17-6-4-3-5-7-17/h3-14,24H,2,15H2,1H3,(H,25,26). The van der Waals surface area contributed by atoms with Gasteiger partial charge >= 0.3 is 0 Å². The summed E-state index contributed by atoms with van der Waals surface area (Å²) in [5.74, 6) is -1.51. The Kier molecular flexibility index (Phi) is 6.41. The topological polar surface area (TPSA) is 75.3 Å². The molecule has 0 saturated carbocycles. The molecule has 7 heteroatoms. The smallest absolute Gasteiger partial charge is 0.258 e. The van der Waals surface area contributed by atoms with Crippen molar-refractivity contribution >= 4 is 21.6 Å². The number of hydrogen-bond donors (Lipinski definition) is 2. The predicted octanol–water partition coefficient (Wildman–Crippen LogP) is 4.12. The zero-order chi connectivity index (χ0) is 20.9. The number of hydrogen-bond acceptors (Lipinski definition) is 3. The third-order valence-electron chi connectivity index (χ3n) is 4.42. The maximum atomic E-state index is 14.2. The van der Waals surface area contributed by atoms with Crippen LogP contribution in [-0.4, -0.2) is 14.3 Å². The Balaban J connectivity index is 1.78. The van der Waals surface area contributed by atoms with E-state index >= 15 is 0 Å². The minimum atomic E-state index is -3.91. The van der Waals surface area contributed by atoms with Gasteiger partial charge in [-0.05, 0) is 47.9 Å². The molecule has 150 valence electrons. The molecular weight excluding hydrogens is 391 g/mol. The average molecular weight is 412 g/mol. The fraction of sp³-hybridized carbons (Fsp3) is 0.136. The molecule has 29 heavy (non-hydrogen) atoms. The van der Waals surface area contributed by atoms with Crippen molar-refractivity contribution in [3.8, 4) is 0 Å². The van der Waals surface area contributed by atoms with E-state index in [0.29, 0.717) is 5.69 Å². The number of benzene rings is 3. The van der Waals surface area contributed by atoms with Gasteiger partial charge in [-0.1, -0.05) is 49.4 Å². The van der Waals surface area contributed by atoms with Crippen LogP contribution in [0.4, 0.5) is 10.1 Å². The summed E-state index contributed by atoms with van der Waals surface area (Å²) in [5.41, 5.74) is 2.05. The van der Waals surface area contributed by atoms with Crippen LogP contribution in [0.5, 0.6) is 0 Å². The molecule has 0 heterocycles. The van der Waals surface area contributed by atoms with E-state index < -0.39 is 21.7 Å². The molecule has 0 bridgehead atoms. The number of rotatable bonds is 7. The second kappa shape index (κ2) is 8.98. The molecule has 0 spiro atoms. The highest BCUT2D eigenvalue weighted by Gasteiger charge is 2.19. The average Bonchev–Trinajstić information content (AvgIpc) is 2.74. The molecule has 0 fully saturated rings. The van der Waals surface area contributed by atoms with Gasteiger partial charge in [0.05, 0.1) is 10.5 Å². The molecule has 0 radical (unpaired) electrons. The van der Waals surface area contributed by atoms with Crippen molar-refractivity contribution in [2.45, 2.75) is 24.8 Å². The zero-order valence-electron chi connectivity index (χ0n) is 15.9. The summed E-state index contributed by atoms with van der Waals surface area (Å²) < 4.78 is 41.8. The molecule has 0 saturated heterocycles. The van der Waals surface area contributed by atoms with Crippen molar-refractivity contribution in [3.63, 3.8) is 0 Å². The molecule has 5 nitrogen and oxygen atoms in total. The molecule has 2 N–H and O–H groups in total. The number of aryl methyl sites for hydroxylation is 1. The summed E-state index contributed by atoms with van der Waals surface area (Å²) in [6, 6.07) is 19.3.